The summed E-state index contributed by atoms with van der Waals surface area (Å²) in [6.45, 7) is 3.42. The number of hydrogen-bond donors (Lipinski definition) is 1. The molecule has 0 spiro atoms. The number of likely N-dealkylation sites (N-methyl/N-ethyl adjacent to an activating group) is 1. The van der Waals surface area contributed by atoms with Crippen molar-refractivity contribution < 1.29 is 4.79 Å². The SMILES string of the molecule is C#CCN(CC)CC(N)=O. The molecule has 0 saturated heterocycles. The Bertz CT molecular complexity index is 148. The Hall–Kier alpha value is -1.01. The van der Waals surface area contributed by atoms with E-state index < -0.39 is 0 Å². The molecular formula is C7H12N2O. The largest absolute Gasteiger partial charge is 0.369 e. The van der Waals surface area contributed by atoms with Gasteiger partial charge >= 0.3 is 0 Å². The van der Waals surface area contributed by atoms with Crippen LogP contribution >= 0.6 is 0 Å². The quantitative estimate of drug-likeness (QED) is 0.531. The van der Waals surface area contributed by atoms with Gasteiger partial charge in [0.15, 0.2) is 0 Å². The van der Waals surface area contributed by atoms with E-state index in [4.69, 9.17) is 12.2 Å². The zero-order valence-corrected chi connectivity index (χ0v) is 6.13. The van der Waals surface area contributed by atoms with Crippen LogP contribution in [0.5, 0.6) is 0 Å². The smallest absolute Gasteiger partial charge is 0.231 e. The van der Waals surface area contributed by atoms with Crippen LogP contribution in [-0.4, -0.2) is 30.4 Å². The highest BCUT2D eigenvalue weighted by molar-refractivity contribution is 5.75. The van der Waals surface area contributed by atoms with Crippen LogP contribution in [0.4, 0.5) is 0 Å². The fourth-order valence-corrected chi connectivity index (χ4v) is 0.629. The average Bonchev–Trinajstić information content (AvgIpc) is 1.86. The summed E-state index contributed by atoms with van der Waals surface area (Å²) < 4.78 is 0. The Morgan fingerprint density at radius 1 is 1.80 bits per heavy atom. The first-order valence-electron chi connectivity index (χ1n) is 3.14. The van der Waals surface area contributed by atoms with Crippen molar-refractivity contribution in [3.05, 3.63) is 0 Å². The summed E-state index contributed by atoms with van der Waals surface area (Å²) in [6.07, 6.45) is 5.04. The minimum atomic E-state index is -0.336. The van der Waals surface area contributed by atoms with Gasteiger partial charge in [-0.25, -0.2) is 0 Å². The normalized spacial score (nSPS) is 9.30. The molecule has 3 heteroatoms. The van der Waals surface area contributed by atoms with Crippen LogP contribution in [-0.2, 0) is 4.79 Å². The highest BCUT2D eigenvalue weighted by Crippen LogP contribution is 1.83. The Morgan fingerprint density at radius 2 is 2.40 bits per heavy atom. The second-order valence-corrected chi connectivity index (χ2v) is 1.97. The molecule has 0 aromatic rings. The van der Waals surface area contributed by atoms with Gasteiger partial charge < -0.3 is 5.73 Å². The van der Waals surface area contributed by atoms with E-state index in [1.807, 2.05) is 6.92 Å². The topological polar surface area (TPSA) is 46.3 Å². The van der Waals surface area contributed by atoms with Crippen LogP contribution in [0.1, 0.15) is 6.92 Å². The average molecular weight is 140 g/mol. The molecule has 0 unspecified atom stereocenters. The van der Waals surface area contributed by atoms with Crippen molar-refractivity contribution in [3.63, 3.8) is 0 Å². The lowest BCUT2D eigenvalue weighted by Crippen LogP contribution is -2.33. The fourth-order valence-electron chi connectivity index (χ4n) is 0.629. The van der Waals surface area contributed by atoms with E-state index in [1.165, 1.54) is 0 Å². The highest BCUT2D eigenvalue weighted by Gasteiger charge is 2.02. The summed E-state index contributed by atoms with van der Waals surface area (Å²) in [6, 6.07) is 0. The second-order valence-electron chi connectivity index (χ2n) is 1.97. The standard InChI is InChI=1S/C7H12N2O/c1-3-5-9(4-2)6-7(8)10/h1H,4-6H2,2H3,(H2,8,10). The third-order valence-corrected chi connectivity index (χ3v) is 1.14. The maximum atomic E-state index is 10.4. The molecule has 56 valence electrons. The van der Waals surface area contributed by atoms with Crippen molar-refractivity contribution >= 4 is 5.91 Å². The summed E-state index contributed by atoms with van der Waals surface area (Å²) in [7, 11) is 0. The second kappa shape index (κ2) is 4.83. The first-order valence-corrected chi connectivity index (χ1v) is 3.14. The molecule has 0 bridgehead atoms. The minimum absolute atomic E-state index is 0.251. The van der Waals surface area contributed by atoms with Gasteiger partial charge in [0.25, 0.3) is 0 Å². The van der Waals surface area contributed by atoms with Crippen LogP contribution in [0.15, 0.2) is 0 Å². The zero-order chi connectivity index (χ0) is 7.98. The van der Waals surface area contributed by atoms with Gasteiger partial charge in [0.05, 0.1) is 13.1 Å². The maximum Gasteiger partial charge on any atom is 0.231 e. The van der Waals surface area contributed by atoms with E-state index in [0.29, 0.717) is 6.54 Å². The van der Waals surface area contributed by atoms with Gasteiger partial charge in [-0.3, -0.25) is 9.69 Å². The molecule has 0 atom stereocenters. The Balaban J connectivity index is 3.62. The lowest BCUT2D eigenvalue weighted by atomic mass is 10.4. The van der Waals surface area contributed by atoms with Gasteiger partial charge in [-0.15, -0.1) is 6.42 Å². The molecule has 0 aromatic heterocycles. The van der Waals surface area contributed by atoms with Gasteiger partial charge in [-0.2, -0.15) is 0 Å². The molecule has 0 rings (SSSR count). The van der Waals surface area contributed by atoms with Crippen molar-refractivity contribution in [1.29, 1.82) is 0 Å². The van der Waals surface area contributed by atoms with Crippen LogP contribution in [0, 0.1) is 12.3 Å². The van der Waals surface area contributed by atoms with Gasteiger partial charge in [0.1, 0.15) is 0 Å². The highest BCUT2D eigenvalue weighted by atomic mass is 16.1. The van der Waals surface area contributed by atoms with Gasteiger partial charge in [0, 0.05) is 0 Å². The number of amides is 1. The summed E-state index contributed by atoms with van der Waals surface area (Å²) >= 11 is 0. The van der Waals surface area contributed by atoms with E-state index >= 15 is 0 Å². The summed E-state index contributed by atoms with van der Waals surface area (Å²) in [5.74, 6) is 2.11. The molecule has 2 N–H and O–H groups in total. The predicted molar refractivity (Wildman–Crippen MR) is 40.1 cm³/mol. The van der Waals surface area contributed by atoms with Crippen LogP contribution < -0.4 is 5.73 Å². The molecule has 3 nitrogen and oxygen atoms in total. The van der Waals surface area contributed by atoms with E-state index in [9.17, 15) is 4.79 Å². The van der Waals surface area contributed by atoms with Crippen LogP contribution in [0.25, 0.3) is 0 Å². The van der Waals surface area contributed by atoms with Crippen molar-refractivity contribution in [2.45, 2.75) is 6.92 Å². The summed E-state index contributed by atoms with van der Waals surface area (Å²) in [4.78, 5) is 12.1. The fraction of sp³-hybridized carbons (Fsp3) is 0.571. The lowest BCUT2D eigenvalue weighted by molar-refractivity contribution is -0.118. The maximum absolute atomic E-state index is 10.4. The summed E-state index contributed by atoms with van der Waals surface area (Å²) in [5, 5.41) is 0. The Kier molecular flexibility index (Phi) is 4.34. The number of nitrogens with zero attached hydrogens (tertiary/aromatic N) is 1. The monoisotopic (exact) mass is 140 g/mol. The van der Waals surface area contributed by atoms with Gasteiger partial charge in [0.2, 0.25) is 5.91 Å². The first kappa shape index (κ1) is 8.99. The molecule has 0 saturated carbocycles. The molecule has 0 aliphatic carbocycles. The van der Waals surface area contributed by atoms with Crippen molar-refractivity contribution in [3.8, 4) is 12.3 Å². The number of nitrogens with two attached hydrogens (primary N) is 1. The minimum Gasteiger partial charge on any atom is -0.369 e. The van der Waals surface area contributed by atoms with E-state index in [2.05, 4.69) is 5.92 Å². The Morgan fingerprint density at radius 3 is 2.70 bits per heavy atom. The molecule has 1 amide bonds. The number of carbonyl (C=O) groups excluding carboxylic acids is 1. The molecule has 0 aliphatic rings. The van der Waals surface area contributed by atoms with E-state index in [-0.39, 0.29) is 12.5 Å². The molecule has 10 heavy (non-hydrogen) atoms. The van der Waals surface area contributed by atoms with E-state index in [1.54, 1.807) is 4.90 Å². The molecule has 0 radical (unpaired) electrons. The van der Waals surface area contributed by atoms with Crippen LogP contribution in [0.3, 0.4) is 0 Å². The number of carbonyl (C=O) groups is 1. The first-order chi connectivity index (χ1) is 4.70. The Labute approximate surface area is 61.2 Å². The molecular weight excluding hydrogens is 128 g/mol. The molecule has 0 fully saturated rings. The molecule has 0 heterocycles. The molecule has 0 aliphatic heterocycles. The number of rotatable bonds is 4. The number of hydrogen-bond acceptors (Lipinski definition) is 2. The predicted octanol–water partition coefficient (Wildman–Crippen LogP) is -0.573. The van der Waals surface area contributed by atoms with E-state index in [0.717, 1.165) is 6.54 Å². The number of terminal acetylenes is 1. The lowest BCUT2D eigenvalue weighted by Gasteiger charge is -2.13. The molecule has 0 aromatic carbocycles. The zero-order valence-electron chi connectivity index (χ0n) is 6.13. The summed E-state index contributed by atoms with van der Waals surface area (Å²) in [5.41, 5.74) is 4.95. The van der Waals surface area contributed by atoms with Crippen molar-refractivity contribution in [2.24, 2.45) is 5.73 Å². The van der Waals surface area contributed by atoms with Gasteiger partial charge in [-0.05, 0) is 6.54 Å². The van der Waals surface area contributed by atoms with Gasteiger partial charge in [-0.1, -0.05) is 12.8 Å². The third kappa shape index (κ3) is 3.93. The van der Waals surface area contributed by atoms with Crippen LogP contribution in [0.2, 0.25) is 0 Å². The van der Waals surface area contributed by atoms with Crippen molar-refractivity contribution in [2.75, 3.05) is 19.6 Å². The third-order valence-electron chi connectivity index (χ3n) is 1.14. The number of primary amides is 1. The van der Waals surface area contributed by atoms with Crippen molar-refractivity contribution in [1.82, 2.24) is 4.90 Å².